The summed E-state index contributed by atoms with van der Waals surface area (Å²) < 4.78 is 5.79. The number of carbonyl (C=O) groups is 3. The van der Waals surface area contributed by atoms with E-state index in [0.717, 1.165) is 13.0 Å². The Morgan fingerprint density at radius 1 is 0.829 bits per heavy atom. The Morgan fingerprint density at radius 3 is 2.11 bits per heavy atom. The van der Waals surface area contributed by atoms with Crippen molar-refractivity contribution in [2.24, 2.45) is 0 Å². The first-order valence-electron chi connectivity index (χ1n) is 11.2. The van der Waals surface area contributed by atoms with E-state index < -0.39 is 18.1 Å². The van der Waals surface area contributed by atoms with Crippen LogP contribution in [0.5, 0.6) is 5.75 Å². The van der Waals surface area contributed by atoms with Crippen LogP contribution in [0.2, 0.25) is 0 Å². The van der Waals surface area contributed by atoms with Gasteiger partial charge in [0.05, 0.1) is 11.6 Å². The predicted molar refractivity (Wildman–Crippen MR) is 134 cm³/mol. The van der Waals surface area contributed by atoms with E-state index in [-0.39, 0.29) is 29.8 Å². The summed E-state index contributed by atoms with van der Waals surface area (Å²) in [4.78, 5) is 38.1. The van der Waals surface area contributed by atoms with Gasteiger partial charge in [0, 0.05) is 23.2 Å². The van der Waals surface area contributed by atoms with Gasteiger partial charge < -0.3 is 20.5 Å². The highest BCUT2D eigenvalue weighted by atomic mass is 35.5. The van der Waals surface area contributed by atoms with Gasteiger partial charge in [0.15, 0.2) is 5.78 Å². The van der Waals surface area contributed by atoms with Crippen LogP contribution in [0.4, 0.5) is 0 Å². The van der Waals surface area contributed by atoms with Crippen LogP contribution in [0.25, 0.3) is 0 Å². The number of ether oxygens (including phenoxy) is 1. The Kier molecular flexibility index (Phi) is 9.00. The van der Waals surface area contributed by atoms with Crippen LogP contribution in [0, 0.1) is 0 Å². The molecule has 3 aromatic carbocycles. The van der Waals surface area contributed by atoms with E-state index in [1.165, 1.54) is 24.3 Å². The number of phenols is 1. The highest BCUT2D eigenvalue weighted by molar-refractivity contribution is 6.09. The summed E-state index contributed by atoms with van der Waals surface area (Å²) in [6.07, 6.45) is 0.895. The number of esters is 1. The first-order valence-corrected chi connectivity index (χ1v) is 11.2. The SMILES string of the molecule is Cl.O=C(NC1CNCCCC1OC(=O)c1ccc(C(=O)c2ccccc2)cc1)c1ccc(O)cc1. The van der Waals surface area contributed by atoms with Gasteiger partial charge in [-0.1, -0.05) is 42.5 Å². The van der Waals surface area contributed by atoms with E-state index in [2.05, 4.69) is 10.6 Å². The van der Waals surface area contributed by atoms with E-state index in [4.69, 9.17) is 4.74 Å². The van der Waals surface area contributed by atoms with Crippen molar-refractivity contribution in [1.29, 1.82) is 0 Å². The van der Waals surface area contributed by atoms with Crippen LogP contribution in [-0.2, 0) is 4.74 Å². The Hall–Kier alpha value is -3.68. The third-order valence-electron chi connectivity index (χ3n) is 5.78. The molecule has 0 spiro atoms. The van der Waals surface area contributed by atoms with Gasteiger partial charge in [-0.2, -0.15) is 0 Å². The minimum Gasteiger partial charge on any atom is -0.508 e. The average Bonchev–Trinajstić information content (AvgIpc) is 3.09. The van der Waals surface area contributed by atoms with Crippen molar-refractivity contribution < 1.29 is 24.2 Å². The summed E-state index contributed by atoms with van der Waals surface area (Å²) in [6.45, 7) is 1.22. The number of benzene rings is 3. The molecule has 35 heavy (non-hydrogen) atoms. The molecule has 2 unspecified atom stereocenters. The topological polar surface area (TPSA) is 105 Å². The molecule has 1 heterocycles. The zero-order chi connectivity index (χ0) is 23.9. The number of ketones is 1. The smallest absolute Gasteiger partial charge is 0.338 e. The number of hydrogen-bond donors (Lipinski definition) is 3. The van der Waals surface area contributed by atoms with E-state index in [1.54, 1.807) is 48.5 Å². The molecule has 3 aromatic rings. The first-order chi connectivity index (χ1) is 16.5. The number of hydrogen-bond acceptors (Lipinski definition) is 6. The molecule has 4 rings (SSSR count). The number of halogens is 1. The van der Waals surface area contributed by atoms with Gasteiger partial charge in [-0.25, -0.2) is 4.79 Å². The lowest BCUT2D eigenvalue weighted by atomic mass is 10.0. The second-order valence-electron chi connectivity index (χ2n) is 8.19. The molecule has 0 saturated carbocycles. The van der Waals surface area contributed by atoms with Crippen molar-refractivity contribution in [3.05, 3.63) is 101 Å². The van der Waals surface area contributed by atoms with Crippen molar-refractivity contribution in [3.8, 4) is 5.75 Å². The number of phenolic OH excluding ortho intramolecular Hbond substituents is 1. The fraction of sp³-hybridized carbons (Fsp3) is 0.222. The number of nitrogens with one attached hydrogen (secondary N) is 2. The third kappa shape index (κ3) is 6.68. The van der Waals surface area contributed by atoms with Crippen LogP contribution in [0.1, 0.15) is 49.5 Å². The maximum absolute atomic E-state index is 12.8. The summed E-state index contributed by atoms with van der Waals surface area (Å²) in [5.74, 6) is -0.851. The van der Waals surface area contributed by atoms with Crippen LogP contribution in [-0.4, -0.2) is 48.0 Å². The van der Waals surface area contributed by atoms with Crippen molar-refractivity contribution >= 4 is 30.1 Å². The first kappa shape index (κ1) is 25.9. The molecule has 182 valence electrons. The van der Waals surface area contributed by atoms with E-state index in [0.29, 0.717) is 35.2 Å². The van der Waals surface area contributed by atoms with Crippen molar-refractivity contribution in [2.75, 3.05) is 13.1 Å². The molecule has 1 aliphatic rings. The second kappa shape index (κ2) is 12.1. The molecule has 0 aliphatic carbocycles. The molecule has 7 nitrogen and oxygen atoms in total. The minimum atomic E-state index is -0.505. The van der Waals surface area contributed by atoms with Crippen molar-refractivity contribution in [2.45, 2.75) is 25.0 Å². The molecule has 2 atom stereocenters. The average molecular weight is 495 g/mol. The van der Waals surface area contributed by atoms with E-state index in [9.17, 15) is 19.5 Å². The van der Waals surface area contributed by atoms with Crippen LogP contribution < -0.4 is 10.6 Å². The van der Waals surface area contributed by atoms with Gasteiger partial charge >= 0.3 is 5.97 Å². The van der Waals surface area contributed by atoms with Gasteiger partial charge in [0.1, 0.15) is 11.9 Å². The lowest BCUT2D eigenvalue weighted by molar-refractivity contribution is 0.0192. The van der Waals surface area contributed by atoms with Crippen molar-refractivity contribution in [3.63, 3.8) is 0 Å². The number of carbonyl (C=O) groups excluding carboxylic acids is 3. The van der Waals surface area contributed by atoms with E-state index in [1.807, 2.05) is 6.07 Å². The molecule has 1 amide bonds. The molecule has 1 fully saturated rings. The number of amides is 1. The van der Waals surface area contributed by atoms with Gasteiger partial charge in [0.25, 0.3) is 5.91 Å². The molecule has 3 N–H and O–H groups in total. The molecular weight excluding hydrogens is 468 g/mol. The predicted octanol–water partition coefficient (Wildman–Crippen LogP) is 3.75. The normalized spacial score (nSPS) is 17.4. The third-order valence-corrected chi connectivity index (χ3v) is 5.78. The summed E-state index contributed by atoms with van der Waals surface area (Å²) in [7, 11) is 0. The van der Waals surface area contributed by atoms with Gasteiger partial charge in [0.2, 0.25) is 0 Å². The lowest BCUT2D eigenvalue weighted by Gasteiger charge is -2.26. The van der Waals surface area contributed by atoms with E-state index >= 15 is 0 Å². The Bertz CT molecular complexity index is 1150. The number of aromatic hydroxyl groups is 1. The molecule has 0 aromatic heterocycles. The van der Waals surface area contributed by atoms with Gasteiger partial charge in [-0.3, -0.25) is 9.59 Å². The molecule has 0 bridgehead atoms. The Morgan fingerprint density at radius 2 is 1.43 bits per heavy atom. The zero-order valence-electron chi connectivity index (χ0n) is 19.0. The quantitative estimate of drug-likeness (QED) is 0.356. The Labute approximate surface area is 209 Å². The second-order valence-corrected chi connectivity index (χ2v) is 8.19. The standard InChI is InChI=1S/C27H26N2O5.ClH/c30-22-14-12-20(13-15-22)26(32)29-23-17-28-16-4-7-24(23)34-27(33)21-10-8-19(9-11-21)25(31)18-5-2-1-3-6-18;/h1-3,5-6,8-15,23-24,28,30H,4,7,16-17H2,(H,29,32);1H. The Balaban J connectivity index is 0.00000342. The maximum Gasteiger partial charge on any atom is 0.338 e. The molecule has 1 saturated heterocycles. The highest BCUT2D eigenvalue weighted by Gasteiger charge is 2.29. The maximum atomic E-state index is 12.8. The zero-order valence-corrected chi connectivity index (χ0v) is 19.8. The molecule has 1 aliphatic heterocycles. The largest absolute Gasteiger partial charge is 0.508 e. The number of rotatable bonds is 6. The molecular formula is C27H27ClN2O5. The van der Waals surface area contributed by atoms with Gasteiger partial charge in [-0.15, -0.1) is 12.4 Å². The monoisotopic (exact) mass is 494 g/mol. The molecule has 0 radical (unpaired) electrons. The summed E-state index contributed by atoms with van der Waals surface area (Å²) >= 11 is 0. The summed E-state index contributed by atoms with van der Waals surface area (Å²) in [6, 6.07) is 20.9. The highest BCUT2D eigenvalue weighted by Crippen LogP contribution is 2.17. The van der Waals surface area contributed by atoms with Crippen LogP contribution >= 0.6 is 12.4 Å². The van der Waals surface area contributed by atoms with Crippen LogP contribution in [0.15, 0.2) is 78.9 Å². The van der Waals surface area contributed by atoms with Crippen molar-refractivity contribution in [1.82, 2.24) is 10.6 Å². The minimum absolute atomic E-state index is 0. The van der Waals surface area contributed by atoms with Crippen LogP contribution in [0.3, 0.4) is 0 Å². The fourth-order valence-electron chi connectivity index (χ4n) is 3.89. The summed E-state index contributed by atoms with van der Waals surface area (Å²) in [5, 5.41) is 15.6. The van der Waals surface area contributed by atoms with Gasteiger partial charge in [-0.05, 0) is 55.8 Å². The lowest BCUT2D eigenvalue weighted by Crippen LogP contribution is -2.49. The fourth-order valence-corrected chi connectivity index (χ4v) is 3.89. The summed E-state index contributed by atoms with van der Waals surface area (Å²) in [5.41, 5.74) is 1.81. The molecule has 8 heteroatoms.